The van der Waals surface area contributed by atoms with Gasteiger partial charge in [-0.25, -0.2) is 0 Å². The van der Waals surface area contributed by atoms with Crippen LogP contribution in [-0.2, 0) is 14.2 Å². The van der Waals surface area contributed by atoms with Crippen molar-refractivity contribution in [1.29, 1.82) is 0 Å². The standard InChI is InChI=1S/C12H20O3/c1-11-3-5-12(6-4-11)15-10-9-14-8-7-13-2/h3-5,12H,6-10H2,1-2H3. The highest BCUT2D eigenvalue weighted by Gasteiger charge is 2.06. The molecule has 0 saturated carbocycles. The highest BCUT2D eigenvalue weighted by Crippen LogP contribution is 2.12. The van der Waals surface area contributed by atoms with Crippen LogP contribution in [0, 0.1) is 0 Å². The van der Waals surface area contributed by atoms with Crippen molar-refractivity contribution in [3.05, 3.63) is 23.8 Å². The van der Waals surface area contributed by atoms with E-state index in [4.69, 9.17) is 14.2 Å². The summed E-state index contributed by atoms with van der Waals surface area (Å²) in [7, 11) is 1.67. The largest absolute Gasteiger partial charge is 0.382 e. The summed E-state index contributed by atoms with van der Waals surface area (Å²) in [4.78, 5) is 0. The van der Waals surface area contributed by atoms with E-state index in [2.05, 4.69) is 25.2 Å². The van der Waals surface area contributed by atoms with Crippen LogP contribution in [0.3, 0.4) is 0 Å². The Morgan fingerprint density at radius 3 is 2.73 bits per heavy atom. The predicted octanol–water partition coefficient (Wildman–Crippen LogP) is 1.94. The van der Waals surface area contributed by atoms with Gasteiger partial charge in [-0.3, -0.25) is 0 Å². The maximum Gasteiger partial charge on any atom is 0.0794 e. The second-order valence-electron chi connectivity index (χ2n) is 3.56. The van der Waals surface area contributed by atoms with Gasteiger partial charge in [0.25, 0.3) is 0 Å². The van der Waals surface area contributed by atoms with Gasteiger partial charge in [-0.15, -0.1) is 0 Å². The minimum atomic E-state index is 0.222. The minimum Gasteiger partial charge on any atom is -0.382 e. The van der Waals surface area contributed by atoms with Crippen molar-refractivity contribution >= 4 is 0 Å². The fraction of sp³-hybridized carbons (Fsp3) is 0.667. The van der Waals surface area contributed by atoms with Crippen molar-refractivity contribution in [1.82, 2.24) is 0 Å². The maximum absolute atomic E-state index is 5.61. The monoisotopic (exact) mass is 212 g/mol. The number of hydrogen-bond donors (Lipinski definition) is 0. The van der Waals surface area contributed by atoms with E-state index in [1.165, 1.54) is 5.57 Å². The van der Waals surface area contributed by atoms with Gasteiger partial charge in [0.15, 0.2) is 0 Å². The Morgan fingerprint density at radius 1 is 1.27 bits per heavy atom. The molecule has 0 saturated heterocycles. The third-order valence-corrected chi connectivity index (χ3v) is 2.24. The maximum atomic E-state index is 5.61. The average Bonchev–Trinajstić information content (AvgIpc) is 2.26. The molecule has 15 heavy (non-hydrogen) atoms. The molecule has 0 radical (unpaired) electrons. The zero-order chi connectivity index (χ0) is 10.9. The van der Waals surface area contributed by atoms with Crippen LogP contribution < -0.4 is 0 Å². The van der Waals surface area contributed by atoms with Crippen LogP contribution in [0.4, 0.5) is 0 Å². The Kier molecular flexibility index (Phi) is 6.32. The number of methoxy groups -OCH3 is 1. The van der Waals surface area contributed by atoms with E-state index in [1.54, 1.807) is 7.11 Å². The van der Waals surface area contributed by atoms with Gasteiger partial charge >= 0.3 is 0 Å². The van der Waals surface area contributed by atoms with Gasteiger partial charge in [0, 0.05) is 7.11 Å². The molecule has 0 aromatic carbocycles. The minimum absolute atomic E-state index is 0.222. The molecule has 3 heteroatoms. The van der Waals surface area contributed by atoms with Crippen LogP contribution in [0.2, 0.25) is 0 Å². The molecule has 0 aromatic heterocycles. The molecule has 86 valence electrons. The highest BCUT2D eigenvalue weighted by atomic mass is 16.5. The van der Waals surface area contributed by atoms with Crippen molar-refractivity contribution in [3.8, 4) is 0 Å². The molecular weight excluding hydrogens is 192 g/mol. The third kappa shape index (κ3) is 5.72. The number of rotatable bonds is 7. The van der Waals surface area contributed by atoms with Crippen LogP contribution >= 0.6 is 0 Å². The lowest BCUT2D eigenvalue weighted by Crippen LogP contribution is -2.16. The van der Waals surface area contributed by atoms with Crippen molar-refractivity contribution in [3.63, 3.8) is 0 Å². The predicted molar refractivity (Wildman–Crippen MR) is 59.9 cm³/mol. The van der Waals surface area contributed by atoms with Gasteiger partial charge in [-0.1, -0.05) is 23.8 Å². The van der Waals surface area contributed by atoms with Gasteiger partial charge < -0.3 is 14.2 Å². The fourth-order valence-corrected chi connectivity index (χ4v) is 1.33. The highest BCUT2D eigenvalue weighted by molar-refractivity contribution is 5.21. The fourth-order valence-electron chi connectivity index (χ4n) is 1.33. The van der Waals surface area contributed by atoms with Crippen molar-refractivity contribution < 1.29 is 14.2 Å². The Bertz CT molecular complexity index is 221. The number of hydrogen-bond acceptors (Lipinski definition) is 3. The third-order valence-electron chi connectivity index (χ3n) is 2.24. The van der Waals surface area contributed by atoms with Crippen LogP contribution in [0.25, 0.3) is 0 Å². The second kappa shape index (κ2) is 7.63. The summed E-state index contributed by atoms with van der Waals surface area (Å²) in [5.41, 5.74) is 1.31. The molecule has 1 atom stereocenters. The summed E-state index contributed by atoms with van der Waals surface area (Å²) in [6.45, 7) is 4.66. The van der Waals surface area contributed by atoms with Crippen LogP contribution in [-0.4, -0.2) is 39.6 Å². The summed E-state index contributed by atoms with van der Waals surface area (Å²) in [6, 6.07) is 0. The second-order valence-corrected chi connectivity index (χ2v) is 3.56. The molecule has 0 aromatic rings. The molecule has 0 N–H and O–H groups in total. The first kappa shape index (κ1) is 12.4. The molecule has 3 nitrogen and oxygen atoms in total. The quantitative estimate of drug-likeness (QED) is 0.604. The van der Waals surface area contributed by atoms with E-state index in [-0.39, 0.29) is 6.10 Å². The Hall–Kier alpha value is -0.640. The molecule has 0 fully saturated rings. The topological polar surface area (TPSA) is 27.7 Å². The lowest BCUT2D eigenvalue weighted by Gasteiger charge is -2.15. The smallest absolute Gasteiger partial charge is 0.0794 e. The van der Waals surface area contributed by atoms with Gasteiger partial charge in [0.1, 0.15) is 0 Å². The zero-order valence-electron chi connectivity index (χ0n) is 9.57. The molecule has 0 amide bonds. The van der Waals surface area contributed by atoms with Gasteiger partial charge in [0.2, 0.25) is 0 Å². The van der Waals surface area contributed by atoms with Crippen LogP contribution in [0.5, 0.6) is 0 Å². The first-order valence-electron chi connectivity index (χ1n) is 5.36. The molecule has 1 rings (SSSR count). The Balaban J connectivity index is 1.95. The van der Waals surface area contributed by atoms with Gasteiger partial charge in [0.05, 0.1) is 32.5 Å². The first-order chi connectivity index (χ1) is 7.33. The molecule has 1 aliphatic rings. The van der Waals surface area contributed by atoms with Gasteiger partial charge in [-0.05, 0) is 13.3 Å². The molecule has 0 spiro atoms. The lowest BCUT2D eigenvalue weighted by atomic mass is 10.1. The molecule has 1 aliphatic carbocycles. The van der Waals surface area contributed by atoms with Gasteiger partial charge in [-0.2, -0.15) is 0 Å². The Morgan fingerprint density at radius 2 is 2.07 bits per heavy atom. The molecule has 1 unspecified atom stereocenters. The average molecular weight is 212 g/mol. The first-order valence-corrected chi connectivity index (χ1v) is 5.36. The summed E-state index contributed by atoms with van der Waals surface area (Å²) in [5.74, 6) is 0. The van der Waals surface area contributed by atoms with E-state index >= 15 is 0 Å². The normalized spacial score (nSPS) is 20.4. The lowest BCUT2D eigenvalue weighted by molar-refractivity contribution is 0.00837. The zero-order valence-corrected chi connectivity index (χ0v) is 9.57. The van der Waals surface area contributed by atoms with Crippen LogP contribution in [0.1, 0.15) is 13.3 Å². The molecular formula is C12H20O3. The SMILES string of the molecule is COCCOCCOC1C=CC(C)=CC1. The van der Waals surface area contributed by atoms with E-state index in [0.717, 1.165) is 6.42 Å². The van der Waals surface area contributed by atoms with Crippen molar-refractivity contribution in [2.24, 2.45) is 0 Å². The van der Waals surface area contributed by atoms with Crippen molar-refractivity contribution in [2.45, 2.75) is 19.4 Å². The summed E-state index contributed by atoms with van der Waals surface area (Å²) in [6.07, 6.45) is 7.58. The summed E-state index contributed by atoms with van der Waals surface area (Å²) < 4.78 is 15.8. The van der Waals surface area contributed by atoms with Crippen molar-refractivity contribution in [2.75, 3.05) is 33.5 Å². The summed E-state index contributed by atoms with van der Waals surface area (Å²) in [5, 5.41) is 0. The Labute approximate surface area is 91.7 Å². The van der Waals surface area contributed by atoms with E-state index in [1.807, 2.05) is 0 Å². The summed E-state index contributed by atoms with van der Waals surface area (Å²) >= 11 is 0. The molecule has 0 aliphatic heterocycles. The van der Waals surface area contributed by atoms with E-state index < -0.39 is 0 Å². The molecule has 0 heterocycles. The number of ether oxygens (including phenoxy) is 3. The number of allylic oxidation sites excluding steroid dienone is 2. The molecule has 0 bridgehead atoms. The van der Waals surface area contributed by atoms with E-state index in [9.17, 15) is 0 Å². The van der Waals surface area contributed by atoms with Crippen LogP contribution in [0.15, 0.2) is 23.8 Å². The van der Waals surface area contributed by atoms with E-state index in [0.29, 0.717) is 26.4 Å².